The fourth-order valence-electron chi connectivity index (χ4n) is 4.90. The predicted molar refractivity (Wildman–Crippen MR) is 132 cm³/mol. The summed E-state index contributed by atoms with van der Waals surface area (Å²) < 4.78 is 5.34. The third kappa shape index (κ3) is 5.10. The van der Waals surface area contributed by atoms with Crippen molar-refractivity contribution >= 4 is 23.2 Å². The highest BCUT2D eigenvalue weighted by atomic mass is 35.5. The number of ether oxygens (including phenoxy) is 1. The van der Waals surface area contributed by atoms with Gasteiger partial charge in [-0.1, -0.05) is 11.6 Å². The van der Waals surface area contributed by atoms with Gasteiger partial charge in [-0.2, -0.15) is 0 Å². The number of anilines is 1. The van der Waals surface area contributed by atoms with Crippen molar-refractivity contribution in [2.24, 2.45) is 0 Å². The van der Waals surface area contributed by atoms with Crippen molar-refractivity contribution in [1.29, 1.82) is 0 Å². The van der Waals surface area contributed by atoms with Gasteiger partial charge in [0.1, 0.15) is 0 Å². The molecule has 0 saturated carbocycles. The van der Waals surface area contributed by atoms with Gasteiger partial charge in [0.05, 0.1) is 19.3 Å². The summed E-state index contributed by atoms with van der Waals surface area (Å²) in [5, 5.41) is 3.44. The van der Waals surface area contributed by atoms with E-state index in [1.165, 1.54) is 0 Å². The molecule has 2 saturated heterocycles. The summed E-state index contributed by atoms with van der Waals surface area (Å²) in [5.41, 5.74) is 4.46. The van der Waals surface area contributed by atoms with Crippen molar-refractivity contribution in [3.63, 3.8) is 0 Å². The summed E-state index contributed by atoms with van der Waals surface area (Å²) in [4.78, 5) is 32.9. The van der Waals surface area contributed by atoms with Gasteiger partial charge in [-0.25, -0.2) is 0 Å². The molecule has 33 heavy (non-hydrogen) atoms. The van der Waals surface area contributed by atoms with Crippen LogP contribution in [0, 0.1) is 20.8 Å². The Morgan fingerprint density at radius 3 is 2.52 bits per heavy atom. The van der Waals surface area contributed by atoms with Crippen LogP contribution in [0.2, 0.25) is 5.02 Å². The van der Waals surface area contributed by atoms with Gasteiger partial charge in [0.2, 0.25) is 0 Å². The molecule has 1 aromatic carbocycles. The lowest BCUT2D eigenvalue weighted by molar-refractivity contribution is -0.0711. The lowest BCUT2D eigenvalue weighted by Crippen LogP contribution is -2.54. The molecule has 4 rings (SSSR count). The number of rotatable bonds is 6. The average molecular weight is 473 g/mol. The normalized spacial score (nSPS) is 17.6. The first kappa shape index (κ1) is 23.8. The second kappa shape index (κ2) is 9.87. The molecule has 8 heteroatoms. The first-order valence-corrected chi connectivity index (χ1v) is 11.9. The number of pyridine rings is 1. The number of nitrogens with zero attached hydrogens (tertiary/aromatic N) is 2. The maximum absolute atomic E-state index is 13.1. The number of hydrogen-bond acceptors (Lipinski definition) is 5. The van der Waals surface area contributed by atoms with Gasteiger partial charge in [-0.3, -0.25) is 14.5 Å². The van der Waals surface area contributed by atoms with Crippen LogP contribution >= 0.6 is 11.6 Å². The maximum atomic E-state index is 13.1. The molecule has 2 aliphatic heterocycles. The predicted octanol–water partition coefficient (Wildman–Crippen LogP) is 3.18. The van der Waals surface area contributed by atoms with Crippen molar-refractivity contribution in [2.45, 2.75) is 52.2 Å². The highest BCUT2D eigenvalue weighted by Gasteiger charge is 2.31. The molecule has 0 unspecified atom stereocenters. The Morgan fingerprint density at radius 2 is 1.91 bits per heavy atom. The molecule has 0 bridgehead atoms. The van der Waals surface area contributed by atoms with E-state index in [-0.39, 0.29) is 18.0 Å². The van der Waals surface area contributed by atoms with E-state index in [0.29, 0.717) is 28.2 Å². The standard InChI is InChI=1S/C25H33ClN4O3/c1-15-9-16(2)28-25(32)22(15)12-27-24(31)21-10-18(26)11-23(17(21)3)29(4)19-5-7-30(8-6-19)20-13-33-14-20/h9-11,19-20H,5-8,12-14H2,1-4H3,(H,27,31)(H,28,32). The Hall–Kier alpha value is -2.35. The van der Waals surface area contributed by atoms with Crippen molar-refractivity contribution in [3.8, 4) is 0 Å². The molecule has 0 radical (unpaired) electrons. The molecule has 1 aromatic heterocycles. The van der Waals surface area contributed by atoms with Crippen LogP contribution in [0.1, 0.15) is 45.6 Å². The number of halogens is 1. The average Bonchev–Trinajstić information content (AvgIpc) is 2.73. The number of carbonyl (C=O) groups is 1. The second-order valence-electron chi connectivity index (χ2n) is 9.29. The van der Waals surface area contributed by atoms with E-state index in [9.17, 15) is 9.59 Å². The fraction of sp³-hybridized carbons (Fsp3) is 0.520. The first-order valence-electron chi connectivity index (χ1n) is 11.6. The van der Waals surface area contributed by atoms with E-state index in [1.807, 2.05) is 32.9 Å². The molecule has 3 heterocycles. The molecule has 1 amide bonds. The van der Waals surface area contributed by atoms with Gasteiger partial charge in [-0.15, -0.1) is 0 Å². The summed E-state index contributed by atoms with van der Waals surface area (Å²) in [6.07, 6.45) is 2.13. The minimum absolute atomic E-state index is 0.167. The summed E-state index contributed by atoms with van der Waals surface area (Å²) >= 11 is 6.44. The van der Waals surface area contributed by atoms with Crippen LogP contribution in [0.25, 0.3) is 0 Å². The first-order chi connectivity index (χ1) is 15.7. The number of aromatic amines is 1. The number of amides is 1. The van der Waals surface area contributed by atoms with E-state index in [0.717, 1.165) is 61.7 Å². The van der Waals surface area contributed by atoms with Gasteiger partial charge in [0, 0.05) is 60.3 Å². The highest BCUT2D eigenvalue weighted by Crippen LogP contribution is 2.31. The molecule has 178 valence electrons. The number of piperidine rings is 1. The third-order valence-corrected chi connectivity index (χ3v) is 7.29. The van der Waals surface area contributed by atoms with Gasteiger partial charge < -0.3 is 19.9 Å². The largest absolute Gasteiger partial charge is 0.378 e. The number of H-pyrrole nitrogens is 1. The molecule has 7 nitrogen and oxygen atoms in total. The minimum Gasteiger partial charge on any atom is -0.378 e. The van der Waals surface area contributed by atoms with Crippen molar-refractivity contribution < 1.29 is 9.53 Å². The Bertz CT molecular complexity index is 1090. The molecule has 0 spiro atoms. The number of nitrogens with one attached hydrogen (secondary N) is 2. The number of likely N-dealkylation sites (tertiary alicyclic amines) is 1. The molecule has 2 fully saturated rings. The van der Waals surface area contributed by atoms with Crippen molar-refractivity contribution in [3.05, 3.63) is 61.5 Å². The minimum atomic E-state index is -0.233. The van der Waals surface area contributed by atoms with Crippen LogP contribution in [0.5, 0.6) is 0 Å². The van der Waals surface area contributed by atoms with E-state index in [2.05, 4.69) is 27.1 Å². The molecule has 2 N–H and O–H groups in total. The number of aryl methyl sites for hydroxylation is 2. The zero-order valence-corrected chi connectivity index (χ0v) is 20.6. The van der Waals surface area contributed by atoms with Gasteiger partial charge >= 0.3 is 0 Å². The zero-order valence-electron chi connectivity index (χ0n) is 19.8. The lowest BCUT2D eigenvalue weighted by atomic mass is 9.98. The summed E-state index contributed by atoms with van der Waals surface area (Å²) in [5.74, 6) is -0.233. The van der Waals surface area contributed by atoms with Crippen molar-refractivity contribution in [2.75, 3.05) is 38.3 Å². The highest BCUT2D eigenvalue weighted by molar-refractivity contribution is 6.31. The number of aromatic nitrogens is 1. The maximum Gasteiger partial charge on any atom is 0.253 e. The second-order valence-corrected chi connectivity index (χ2v) is 9.73. The molecule has 0 aliphatic carbocycles. The molecular formula is C25H33ClN4O3. The fourth-order valence-corrected chi connectivity index (χ4v) is 5.11. The van der Waals surface area contributed by atoms with Crippen LogP contribution in [0.4, 0.5) is 5.69 Å². The van der Waals surface area contributed by atoms with E-state index >= 15 is 0 Å². The smallest absolute Gasteiger partial charge is 0.253 e. The lowest BCUT2D eigenvalue weighted by Gasteiger charge is -2.44. The Morgan fingerprint density at radius 1 is 1.21 bits per heavy atom. The SMILES string of the molecule is Cc1cc(C)c(CNC(=O)c2cc(Cl)cc(N(C)C3CCN(C4COC4)CC3)c2C)c(=O)[nH]1. The Labute approximate surface area is 200 Å². The number of hydrogen-bond donors (Lipinski definition) is 2. The van der Waals surface area contributed by atoms with Crippen LogP contribution in [-0.2, 0) is 11.3 Å². The number of benzene rings is 1. The number of carbonyl (C=O) groups excluding carboxylic acids is 1. The van der Waals surface area contributed by atoms with Gasteiger partial charge in [0.15, 0.2) is 0 Å². The molecule has 2 aliphatic rings. The van der Waals surface area contributed by atoms with Crippen LogP contribution in [0.3, 0.4) is 0 Å². The summed E-state index contributed by atoms with van der Waals surface area (Å²) in [7, 11) is 2.09. The summed E-state index contributed by atoms with van der Waals surface area (Å²) in [6, 6.07) is 6.51. The Balaban J connectivity index is 1.47. The zero-order chi connectivity index (χ0) is 23.7. The van der Waals surface area contributed by atoms with Crippen LogP contribution < -0.4 is 15.8 Å². The van der Waals surface area contributed by atoms with Crippen LogP contribution in [-0.4, -0.2) is 61.2 Å². The molecule has 0 atom stereocenters. The van der Waals surface area contributed by atoms with E-state index in [4.69, 9.17) is 16.3 Å². The topological polar surface area (TPSA) is 77.7 Å². The van der Waals surface area contributed by atoms with Gasteiger partial charge in [0.25, 0.3) is 11.5 Å². The van der Waals surface area contributed by atoms with Gasteiger partial charge in [-0.05, 0) is 62.9 Å². The van der Waals surface area contributed by atoms with E-state index in [1.54, 1.807) is 6.07 Å². The van der Waals surface area contributed by atoms with Crippen molar-refractivity contribution in [1.82, 2.24) is 15.2 Å². The van der Waals surface area contributed by atoms with E-state index < -0.39 is 0 Å². The molecule has 2 aromatic rings. The molecular weight excluding hydrogens is 440 g/mol. The monoisotopic (exact) mass is 472 g/mol. The quantitative estimate of drug-likeness (QED) is 0.675. The summed E-state index contributed by atoms with van der Waals surface area (Å²) in [6.45, 7) is 9.66. The third-order valence-electron chi connectivity index (χ3n) is 7.07. The Kier molecular flexibility index (Phi) is 7.12. The van der Waals surface area contributed by atoms with Crippen LogP contribution in [0.15, 0.2) is 23.0 Å².